The number of ether oxygens (including phenoxy) is 1. The van der Waals surface area contributed by atoms with Gasteiger partial charge in [-0.1, -0.05) is 42.5 Å². The fourth-order valence-corrected chi connectivity index (χ4v) is 8.61. The van der Waals surface area contributed by atoms with E-state index in [0.717, 1.165) is 0 Å². The van der Waals surface area contributed by atoms with Crippen molar-refractivity contribution < 1.29 is 21.6 Å². The minimum absolute atomic E-state index is 0.0446. The van der Waals surface area contributed by atoms with Crippen molar-refractivity contribution in [2.75, 3.05) is 13.2 Å². The molecule has 1 unspecified atom stereocenters. The van der Waals surface area contributed by atoms with Crippen LogP contribution in [0.1, 0.15) is 6.42 Å². The van der Waals surface area contributed by atoms with E-state index in [4.69, 9.17) is 4.74 Å². The molecule has 1 fully saturated rings. The van der Waals surface area contributed by atoms with Crippen molar-refractivity contribution in [2.24, 2.45) is 5.92 Å². The van der Waals surface area contributed by atoms with Crippen molar-refractivity contribution in [1.29, 1.82) is 0 Å². The second kappa shape index (κ2) is 6.98. The van der Waals surface area contributed by atoms with Crippen LogP contribution in [0.5, 0.6) is 0 Å². The number of sulfone groups is 2. The Hall–Kier alpha value is -1.96. The summed E-state index contributed by atoms with van der Waals surface area (Å²) < 4.78 is 57.6. The number of hydrogen-bond donors (Lipinski definition) is 0. The lowest BCUT2D eigenvalue weighted by Crippen LogP contribution is -2.57. The van der Waals surface area contributed by atoms with Gasteiger partial charge in [-0.2, -0.15) is 0 Å². The summed E-state index contributed by atoms with van der Waals surface area (Å²) in [6.45, 7) is 3.56. The van der Waals surface area contributed by atoms with Crippen LogP contribution in [0.2, 0.25) is 0 Å². The molecule has 0 spiro atoms. The predicted molar refractivity (Wildman–Crippen MR) is 99.1 cm³/mol. The molecule has 0 N–H and O–H groups in total. The highest BCUT2D eigenvalue weighted by Gasteiger charge is 2.61. The highest BCUT2D eigenvalue weighted by molar-refractivity contribution is 8.10. The minimum Gasteiger partial charge on any atom is -0.379 e. The van der Waals surface area contributed by atoms with Gasteiger partial charge in [-0.25, -0.2) is 16.8 Å². The number of allylic oxidation sites excluding steroid dienone is 1. The van der Waals surface area contributed by atoms with Crippen molar-refractivity contribution in [1.82, 2.24) is 0 Å². The smallest absolute Gasteiger partial charge is 0.211 e. The fraction of sp³-hybridized carbons (Fsp3) is 0.263. The van der Waals surface area contributed by atoms with Gasteiger partial charge >= 0.3 is 0 Å². The molecule has 0 radical (unpaired) electrons. The summed E-state index contributed by atoms with van der Waals surface area (Å²) in [5.74, 6) is -0.785. The molecule has 2 aromatic rings. The first-order valence-corrected chi connectivity index (χ1v) is 11.1. The maximum atomic E-state index is 13.6. The maximum absolute atomic E-state index is 13.6. The van der Waals surface area contributed by atoms with Crippen LogP contribution < -0.4 is 0 Å². The molecule has 1 atom stereocenters. The van der Waals surface area contributed by atoms with Crippen LogP contribution in [0, 0.1) is 5.92 Å². The van der Waals surface area contributed by atoms with Gasteiger partial charge in [0.1, 0.15) is 0 Å². The number of hydrogen-bond acceptors (Lipinski definition) is 5. The van der Waals surface area contributed by atoms with Gasteiger partial charge in [0, 0.05) is 12.5 Å². The Bertz CT molecular complexity index is 911. The molecule has 2 aromatic carbocycles. The quantitative estimate of drug-likeness (QED) is 0.731. The van der Waals surface area contributed by atoms with Crippen molar-refractivity contribution in [2.45, 2.75) is 20.3 Å². The molecule has 1 aliphatic heterocycles. The standard InChI is InChI=1S/C19H20O5S2/c1-2-16-13-14-24-15-19(16,25(20,21)17-9-5-3-6-10-17)26(22,23)18-11-7-4-8-12-18/h2-12,16H,1,13-15H2. The van der Waals surface area contributed by atoms with E-state index >= 15 is 0 Å². The molecule has 0 aromatic heterocycles. The SMILES string of the molecule is C=CC1CCOCC1(S(=O)(=O)c1ccccc1)S(=O)(=O)c1ccccc1. The summed E-state index contributed by atoms with van der Waals surface area (Å²) in [4.78, 5) is -0.0892. The summed E-state index contributed by atoms with van der Waals surface area (Å²) in [7, 11) is -8.55. The van der Waals surface area contributed by atoms with Crippen LogP contribution in [-0.2, 0) is 24.4 Å². The van der Waals surface area contributed by atoms with Gasteiger partial charge in [0.25, 0.3) is 0 Å². The van der Waals surface area contributed by atoms with E-state index in [2.05, 4.69) is 6.58 Å². The number of rotatable bonds is 5. The summed E-state index contributed by atoms with van der Waals surface area (Å²) in [5.41, 5.74) is 0. The van der Waals surface area contributed by atoms with Crippen molar-refractivity contribution in [3.63, 3.8) is 0 Å². The summed E-state index contributed by atoms with van der Waals surface area (Å²) in [5, 5.41) is 0. The first kappa shape index (κ1) is 18.8. The second-order valence-corrected chi connectivity index (χ2v) is 10.8. The molecular weight excluding hydrogens is 372 g/mol. The van der Waals surface area contributed by atoms with E-state index in [-0.39, 0.29) is 22.8 Å². The first-order valence-electron chi connectivity index (χ1n) is 8.17. The summed E-state index contributed by atoms with van der Waals surface area (Å²) >= 11 is 0. The van der Waals surface area contributed by atoms with Gasteiger partial charge in [-0.3, -0.25) is 0 Å². The van der Waals surface area contributed by atoms with Crippen LogP contribution in [-0.4, -0.2) is 34.1 Å². The monoisotopic (exact) mass is 392 g/mol. The molecule has 7 heteroatoms. The maximum Gasteiger partial charge on any atom is 0.211 e. The van der Waals surface area contributed by atoms with E-state index in [1.54, 1.807) is 36.4 Å². The molecule has 5 nitrogen and oxygen atoms in total. The molecule has 138 valence electrons. The lowest BCUT2D eigenvalue weighted by Gasteiger charge is -2.40. The molecule has 0 bridgehead atoms. The number of benzene rings is 2. The van der Waals surface area contributed by atoms with E-state index < -0.39 is 36.3 Å². The van der Waals surface area contributed by atoms with E-state index in [9.17, 15) is 16.8 Å². The Kier molecular flexibility index (Phi) is 5.05. The first-order chi connectivity index (χ1) is 12.4. The lowest BCUT2D eigenvalue weighted by atomic mass is 9.99. The largest absolute Gasteiger partial charge is 0.379 e. The third kappa shape index (κ3) is 2.71. The van der Waals surface area contributed by atoms with Gasteiger partial charge in [0.15, 0.2) is 0 Å². The summed E-state index contributed by atoms with van der Waals surface area (Å²) in [6, 6.07) is 15.3. The average Bonchev–Trinajstić information content (AvgIpc) is 2.68. The Morgan fingerprint density at radius 2 is 1.35 bits per heavy atom. The molecule has 26 heavy (non-hydrogen) atoms. The topological polar surface area (TPSA) is 77.5 Å². The Morgan fingerprint density at radius 3 is 1.77 bits per heavy atom. The normalized spacial score (nSPS) is 20.4. The van der Waals surface area contributed by atoms with E-state index in [1.165, 1.54) is 30.3 Å². The van der Waals surface area contributed by atoms with Crippen molar-refractivity contribution in [3.8, 4) is 0 Å². The van der Waals surface area contributed by atoms with Crippen LogP contribution in [0.3, 0.4) is 0 Å². The van der Waals surface area contributed by atoms with Crippen molar-refractivity contribution in [3.05, 3.63) is 73.3 Å². The van der Waals surface area contributed by atoms with Crippen molar-refractivity contribution >= 4 is 19.7 Å². The van der Waals surface area contributed by atoms with E-state index in [0.29, 0.717) is 0 Å². The van der Waals surface area contributed by atoms with E-state index in [1.807, 2.05) is 0 Å². The van der Waals surface area contributed by atoms with Gasteiger partial charge in [0.05, 0.1) is 16.4 Å². The molecule has 1 aliphatic rings. The lowest BCUT2D eigenvalue weighted by molar-refractivity contribution is 0.0691. The Balaban J connectivity index is 2.34. The Labute approximate surface area is 154 Å². The minimum atomic E-state index is -4.27. The second-order valence-electron chi connectivity index (χ2n) is 6.13. The van der Waals surface area contributed by atoms with Gasteiger partial charge in [-0.05, 0) is 30.7 Å². The van der Waals surface area contributed by atoms with Crippen LogP contribution in [0.15, 0.2) is 83.1 Å². The molecule has 0 aliphatic carbocycles. The molecule has 0 amide bonds. The predicted octanol–water partition coefficient (Wildman–Crippen LogP) is 2.85. The highest BCUT2D eigenvalue weighted by atomic mass is 32.3. The average molecular weight is 392 g/mol. The van der Waals surface area contributed by atoms with Crippen LogP contribution in [0.25, 0.3) is 0 Å². The fourth-order valence-electron chi connectivity index (χ4n) is 3.35. The highest BCUT2D eigenvalue weighted by Crippen LogP contribution is 2.45. The third-order valence-corrected chi connectivity index (χ3v) is 10.5. The molecular formula is C19H20O5S2. The van der Waals surface area contributed by atoms with Gasteiger partial charge in [0.2, 0.25) is 23.8 Å². The Morgan fingerprint density at radius 1 is 0.885 bits per heavy atom. The molecule has 1 heterocycles. The zero-order chi connectivity index (χ0) is 18.8. The van der Waals surface area contributed by atoms with Gasteiger partial charge < -0.3 is 4.74 Å². The third-order valence-electron chi connectivity index (χ3n) is 4.74. The zero-order valence-corrected chi connectivity index (χ0v) is 15.7. The van der Waals surface area contributed by atoms with Crippen LogP contribution in [0.4, 0.5) is 0 Å². The molecule has 1 saturated heterocycles. The summed E-state index contributed by atoms with van der Waals surface area (Å²) in [6.07, 6.45) is 1.69. The molecule has 3 rings (SSSR count). The zero-order valence-electron chi connectivity index (χ0n) is 14.1. The van der Waals surface area contributed by atoms with Crippen LogP contribution >= 0.6 is 0 Å². The van der Waals surface area contributed by atoms with Gasteiger partial charge in [-0.15, -0.1) is 6.58 Å². The molecule has 0 saturated carbocycles.